The van der Waals surface area contributed by atoms with Crippen LogP contribution in [0, 0.1) is 0 Å². The number of rotatable bonds is 0. The van der Waals surface area contributed by atoms with Crippen LogP contribution in [0.4, 0.5) is 0 Å². The predicted octanol–water partition coefficient (Wildman–Crippen LogP) is 3.33. The fourth-order valence-electron chi connectivity index (χ4n) is 0.642. The Morgan fingerprint density at radius 3 is 1.00 bits per heavy atom. The molecule has 0 saturated carbocycles. The van der Waals surface area contributed by atoms with Crippen LogP contribution in [-0.2, 0) is 21.7 Å². The van der Waals surface area contributed by atoms with E-state index in [0.29, 0.717) is 15.2 Å². The first kappa shape index (κ1) is 16.4. The van der Waals surface area contributed by atoms with Gasteiger partial charge < -0.3 is 0 Å². The Balaban J connectivity index is 0. The van der Waals surface area contributed by atoms with Crippen molar-refractivity contribution in [2.45, 2.75) is 11.6 Å². The van der Waals surface area contributed by atoms with Gasteiger partial charge in [0.25, 0.3) is 0 Å². The monoisotopic (exact) mass is 236 g/mol. The van der Waals surface area contributed by atoms with Crippen LogP contribution >= 0.6 is 0 Å². The molecule has 0 bridgehead atoms. The zero-order valence-electron chi connectivity index (χ0n) is 8.98. The van der Waals surface area contributed by atoms with E-state index in [1.165, 1.54) is 0 Å². The van der Waals surface area contributed by atoms with Crippen LogP contribution in [0.15, 0.2) is 60.7 Å². The van der Waals surface area contributed by atoms with Gasteiger partial charge in [-0.15, -0.1) is 11.6 Å². The first-order chi connectivity index (χ1) is 6.41. The number of hydrogen-bond donors (Lipinski definition) is 0. The molecule has 2 heteroatoms. The third kappa shape index (κ3) is 14.5. The zero-order valence-corrected chi connectivity index (χ0v) is 12.0. The molecule has 0 saturated heterocycles. The molecule has 0 aliphatic rings. The fraction of sp³-hybridized carbons (Fsp3) is 0.167. The molecule has 2 aromatic rings. The molecule has 0 aromatic heterocycles. The Hall–Kier alpha value is -0.0532. The smallest absolute Gasteiger partial charge is 0.214 e. The van der Waals surface area contributed by atoms with Crippen LogP contribution in [0.1, 0.15) is 0 Å². The third-order valence-electron chi connectivity index (χ3n) is 1.11. The Kier molecular flexibility index (Phi) is 18.0. The van der Waals surface area contributed by atoms with E-state index in [2.05, 4.69) is 11.6 Å². The largest absolute Gasteiger partial charge is 2.00 e. The molecule has 0 amide bonds. The van der Waals surface area contributed by atoms with Crippen LogP contribution in [0.2, 0.25) is 11.6 Å². The minimum atomic E-state index is 0. The van der Waals surface area contributed by atoms with Crippen molar-refractivity contribution in [3.8, 4) is 0 Å². The van der Waals surface area contributed by atoms with E-state index in [9.17, 15) is 0 Å². The quantitative estimate of drug-likeness (QED) is 0.486. The molecule has 14 heavy (non-hydrogen) atoms. The summed E-state index contributed by atoms with van der Waals surface area (Å²) < 4.78 is 0. The summed E-state index contributed by atoms with van der Waals surface area (Å²) in [6, 6.07) is 20.0. The standard InChI is InChI=1S/2C5H5.2CH3.Al.Ti.H/c2*1-2-4-5-3-1;;;;;/h2*1-5H;2*1H3;;;/q2*-1;;;;+2;. The maximum absolute atomic E-state index is 2.26. The van der Waals surface area contributed by atoms with Crippen LogP contribution in [0.5, 0.6) is 0 Å². The molecular weight excluding hydrogens is 219 g/mol. The summed E-state index contributed by atoms with van der Waals surface area (Å²) in [6.45, 7) is 0. The van der Waals surface area contributed by atoms with Gasteiger partial charge in [0.2, 0.25) is 15.2 Å². The average molecular weight is 236 g/mol. The van der Waals surface area contributed by atoms with E-state index in [1.807, 2.05) is 60.7 Å². The summed E-state index contributed by atoms with van der Waals surface area (Å²) >= 11 is 0.417. The molecule has 0 N–H and O–H groups in total. The molecule has 0 nitrogen and oxygen atoms in total. The second-order valence-electron chi connectivity index (χ2n) is 2.63. The molecule has 0 atom stereocenters. The van der Waals surface area contributed by atoms with Crippen molar-refractivity contribution in [2.75, 3.05) is 0 Å². The molecular formula is C12H17AlTi. The zero-order chi connectivity index (χ0) is 9.78. The van der Waals surface area contributed by atoms with Gasteiger partial charge >= 0.3 is 21.7 Å². The van der Waals surface area contributed by atoms with Gasteiger partial charge in [-0.3, -0.25) is 0 Å². The van der Waals surface area contributed by atoms with E-state index >= 15 is 0 Å². The Labute approximate surface area is 109 Å². The summed E-state index contributed by atoms with van der Waals surface area (Å²) in [5.41, 5.74) is 0. The van der Waals surface area contributed by atoms with Crippen LogP contribution in [0.3, 0.4) is 0 Å². The van der Waals surface area contributed by atoms with Gasteiger partial charge in [-0.2, -0.15) is 36.4 Å². The first-order valence-corrected chi connectivity index (χ1v) is 7.58. The molecule has 0 unspecified atom stereocenters. The minimum Gasteiger partial charge on any atom is -0.214 e. The van der Waals surface area contributed by atoms with E-state index in [1.54, 1.807) is 0 Å². The first-order valence-electron chi connectivity index (χ1n) is 4.75. The molecule has 2 rings (SSSR count). The maximum Gasteiger partial charge on any atom is 2.00 e. The summed E-state index contributed by atoms with van der Waals surface area (Å²) in [7, 11) is 0. The van der Waals surface area contributed by atoms with Crippen molar-refractivity contribution >= 4 is 15.2 Å². The molecule has 0 aliphatic carbocycles. The molecule has 72 valence electrons. The second-order valence-corrected chi connectivity index (χ2v) is 4.05. The van der Waals surface area contributed by atoms with Gasteiger partial charge in [-0.25, -0.2) is 24.3 Å². The molecule has 0 radical (unpaired) electrons. The molecule has 0 aliphatic heterocycles. The topological polar surface area (TPSA) is 0 Å². The normalized spacial score (nSPS) is 6.71. The minimum absolute atomic E-state index is 0. The SMILES string of the molecule is [CH3][AlH][CH3].[Ti+2].c1cc[cH-]c1.c1cc[cH-]c1. The number of hydrogen-bond acceptors (Lipinski definition) is 0. The maximum atomic E-state index is 2.26. The van der Waals surface area contributed by atoms with Crippen LogP contribution < -0.4 is 0 Å². The Morgan fingerprint density at radius 2 is 0.929 bits per heavy atom. The van der Waals surface area contributed by atoms with E-state index < -0.39 is 0 Å². The van der Waals surface area contributed by atoms with Crippen molar-refractivity contribution < 1.29 is 21.7 Å². The van der Waals surface area contributed by atoms with Crippen molar-refractivity contribution in [2.24, 2.45) is 0 Å². The average Bonchev–Trinajstić information content (AvgIpc) is 2.85. The van der Waals surface area contributed by atoms with Gasteiger partial charge in [0, 0.05) is 0 Å². The van der Waals surface area contributed by atoms with Gasteiger partial charge in [0.05, 0.1) is 0 Å². The molecule has 0 spiro atoms. The van der Waals surface area contributed by atoms with Crippen molar-refractivity contribution in [3.05, 3.63) is 60.7 Å². The van der Waals surface area contributed by atoms with Crippen molar-refractivity contribution in [3.63, 3.8) is 0 Å². The molecule has 2 aromatic carbocycles. The van der Waals surface area contributed by atoms with Crippen LogP contribution in [-0.4, -0.2) is 15.2 Å². The third-order valence-corrected chi connectivity index (χ3v) is 1.11. The molecule has 0 fully saturated rings. The van der Waals surface area contributed by atoms with Gasteiger partial charge in [0.15, 0.2) is 0 Å². The van der Waals surface area contributed by atoms with Crippen molar-refractivity contribution in [1.82, 2.24) is 0 Å². The van der Waals surface area contributed by atoms with Crippen LogP contribution in [0.25, 0.3) is 0 Å². The Bertz CT molecular complexity index is 162. The summed E-state index contributed by atoms with van der Waals surface area (Å²) in [5, 5.41) is 0. The summed E-state index contributed by atoms with van der Waals surface area (Å²) in [6.07, 6.45) is 0. The summed E-state index contributed by atoms with van der Waals surface area (Å²) in [5.74, 6) is 4.53. The van der Waals surface area contributed by atoms with Gasteiger partial charge in [-0.05, 0) is 0 Å². The second kappa shape index (κ2) is 15.4. The van der Waals surface area contributed by atoms with Gasteiger partial charge in [0.1, 0.15) is 0 Å². The molecule has 0 heterocycles. The Morgan fingerprint density at radius 1 is 0.714 bits per heavy atom. The van der Waals surface area contributed by atoms with Crippen molar-refractivity contribution in [1.29, 1.82) is 0 Å². The summed E-state index contributed by atoms with van der Waals surface area (Å²) in [4.78, 5) is 0. The van der Waals surface area contributed by atoms with E-state index in [0.717, 1.165) is 0 Å². The van der Waals surface area contributed by atoms with E-state index in [4.69, 9.17) is 0 Å². The van der Waals surface area contributed by atoms with Gasteiger partial charge in [-0.1, -0.05) is 0 Å². The van der Waals surface area contributed by atoms with E-state index in [-0.39, 0.29) is 21.7 Å². The predicted molar refractivity (Wildman–Crippen MR) is 62.9 cm³/mol. The fourth-order valence-corrected chi connectivity index (χ4v) is 0.642.